The van der Waals surface area contributed by atoms with Gasteiger partial charge in [0.2, 0.25) is 11.7 Å². The largest absolute Gasteiger partial charge is 0.493 e. The molecule has 0 aliphatic rings. The highest BCUT2D eigenvalue weighted by atomic mass is 16.5. The van der Waals surface area contributed by atoms with Crippen molar-refractivity contribution in [2.24, 2.45) is 0 Å². The van der Waals surface area contributed by atoms with E-state index < -0.39 is 0 Å². The van der Waals surface area contributed by atoms with Crippen LogP contribution in [0, 0.1) is 0 Å². The number of amides is 1. The molecular weight excluding hydrogens is 384 g/mol. The summed E-state index contributed by atoms with van der Waals surface area (Å²) in [6.45, 7) is 0.116. The number of ether oxygens (including phenoxy) is 2. The van der Waals surface area contributed by atoms with E-state index in [4.69, 9.17) is 14.0 Å². The van der Waals surface area contributed by atoms with Crippen molar-refractivity contribution in [2.75, 3.05) is 19.5 Å². The SMILES string of the molecule is COc1ccc(-c2noc(-c3cccn3CC(=O)Nc3ccccc3)n2)cc1OC. The Labute approximate surface area is 173 Å². The van der Waals surface area contributed by atoms with Gasteiger partial charge >= 0.3 is 0 Å². The number of nitrogens with one attached hydrogen (secondary N) is 1. The number of para-hydroxylation sites is 1. The summed E-state index contributed by atoms with van der Waals surface area (Å²) in [5, 5.41) is 6.93. The molecule has 2 aromatic carbocycles. The number of carbonyl (C=O) groups is 1. The average Bonchev–Trinajstić information content (AvgIpc) is 3.43. The normalized spacial score (nSPS) is 10.6. The van der Waals surface area contributed by atoms with Crippen LogP contribution in [0.1, 0.15) is 0 Å². The Kier molecular flexibility index (Phi) is 5.47. The van der Waals surface area contributed by atoms with Gasteiger partial charge in [0.15, 0.2) is 11.5 Å². The van der Waals surface area contributed by atoms with E-state index >= 15 is 0 Å². The first-order valence-electron chi connectivity index (χ1n) is 9.24. The minimum atomic E-state index is -0.154. The van der Waals surface area contributed by atoms with Gasteiger partial charge in [-0.2, -0.15) is 4.98 Å². The van der Waals surface area contributed by atoms with Gasteiger partial charge in [-0.25, -0.2) is 0 Å². The summed E-state index contributed by atoms with van der Waals surface area (Å²) in [6, 6.07) is 18.3. The van der Waals surface area contributed by atoms with Crippen LogP contribution in [-0.2, 0) is 11.3 Å². The summed E-state index contributed by atoms with van der Waals surface area (Å²) in [6.07, 6.45) is 1.79. The summed E-state index contributed by atoms with van der Waals surface area (Å²) in [5.41, 5.74) is 2.12. The van der Waals surface area contributed by atoms with Crippen molar-refractivity contribution < 1.29 is 18.8 Å². The maximum Gasteiger partial charge on any atom is 0.274 e. The zero-order valence-electron chi connectivity index (χ0n) is 16.5. The van der Waals surface area contributed by atoms with Crippen LogP contribution in [0.5, 0.6) is 11.5 Å². The van der Waals surface area contributed by atoms with Crippen LogP contribution in [0.25, 0.3) is 23.0 Å². The second kappa shape index (κ2) is 8.52. The number of hydrogen-bond donors (Lipinski definition) is 1. The number of hydrogen-bond acceptors (Lipinski definition) is 6. The Bertz CT molecular complexity index is 1150. The molecule has 1 N–H and O–H groups in total. The predicted octanol–water partition coefficient (Wildman–Crippen LogP) is 3.86. The van der Waals surface area contributed by atoms with E-state index in [1.165, 1.54) is 0 Å². The van der Waals surface area contributed by atoms with Crippen LogP contribution >= 0.6 is 0 Å². The third-order valence-electron chi connectivity index (χ3n) is 4.49. The Morgan fingerprint density at radius 2 is 1.83 bits per heavy atom. The second-order valence-corrected chi connectivity index (χ2v) is 6.43. The van der Waals surface area contributed by atoms with Crippen LogP contribution < -0.4 is 14.8 Å². The fraction of sp³-hybridized carbons (Fsp3) is 0.136. The van der Waals surface area contributed by atoms with Gasteiger partial charge in [-0.05, 0) is 42.5 Å². The highest BCUT2D eigenvalue weighted by Crippen LogP contribution is 2.32. The highest BCUT2D eigenvalue weighted by Gasteiger charge is 2.17. The van der Waals surface area contributed by atoms with Gasteiger partial charge in [-0.15, -0.1) is 0 Å². The van der Waals surface area contributed by atoms with Gasteiger partial charge < -0.3 is 23.9 Å². The van der Waals surface area contributed by atoms with Crippen LogP contribution in [0.4, 0.5) is 5.69 Å². The fourth-order valence-corrected chi connectivity index (χ4v) is 3.04. The molecule has 2 aromatic heterocycles. The molecule has 0 fully saturated rings. The van der Waals surface area contributed by atoms with Crippen molar-refractivity contribution in [1.29, 1.82) is 0 Å². The summed E-state index contributed by atoms with van der Waals surface area (Å²) in [7, 11) is 3.14. The second-order valence-electron chi connectivity index (χ2n) is 6.43. The molecule has 2 heterocycles. The van der Waals surface area contributed by atoms with E-state index in [2.05, 4.69) is 15.5 Å². The number of aromatic nitrogens is 3. The lowest BCUT2D eigenvalue weighted by Gasteiger charge is -2.08. The number of nitrogens with zero attached hydrogens (tertiary/aromatic N) is 3. The Hall–Kier alpha value is -4.07. The number of carbonyl (C=O) groups excluding carboxylic acids is 1. The van der Waals surface area contributed by atoms with Crippen LogP contribution in [0.15, 0.2) is 71.4 Å². The van der Waals surface area contributed by atoms with Gasteiger partial charge in [-0.3, -0.25) is 4.79 Å². The molecule has 1 amide bonds. The smallest absolute Gasteiger partial charge is 0.274 e. The number of methoxy groups -OCH3 is 2. The fourth-order valence-electron chi connectivity index (χ4n) is 3.04. The van der Waals surface area contributed by atoms with Gasteiger partial charge in [0.1, 0.15) is 12.2 Å². The van der Waals surface area contributed by atoms with E-state index in [9.17, 15) is 4.79 Å². The van der Waals surface area contributed by atoms with E-state index in [-0.39, 0.29) is 12.5 Å². The lowest BCUT2D eigenvalue weighted by molar-refractivity contribution is -0.116. The average molecular weight is 404 g/mol. The maximum absolute atomic E-state index is 12.4. The van der Waals surface area contributed by atoms with Crippen LogP contribution in [0.3, 0.4) is 0 Å². The van der Waals surface area contributed by atoms with Crippen molar-refractivity contribution >= 4 is 11.6 Å². The molecule has 0 aliphatic carbocycles. The third kappa shape index (κ3) is 4.02. The molecule has 30 heavy (non-hydrogen) atoms. The van der Waals surface area contributed by atoms with Gasteiger partial charge in [-0.1, -0.05) is 23.4 Å². The molecule has 8 nitrogen and oxygen atoms in total. The quantitative estimate of drug-likeness (QED) is 0.503. The number of benzene rings is 2. The summed E-state index contributed by atoms with van der Waals surface area (Å²) in [5.74, 6) is 1.76. The summed E-state index contributed by atoms with van der Waals surface area (Å²) < 4.78 is 17.8. The molecule has 4 rings (SSSR count). The first-order valence-corrected chi connectivity index (χ1v) is 9.24. The standard InChI is InChI=1S/C22H20N4O4/c1-28-18-11-10-15(13-19(18)29-2)21-24-22(30-25-21)17-9-6-12-26(17)14-20(27)23-16-7-4-3-5-8-16/h3-13H,14H2,1-2H3,(H,23,27). The molecule has 8 heteroatoms. The lowest BCUT2D eigenvalue weighted by Crippen LogP contribution is -2.18. The minimum Gasteiger partial charge on any atom is -0.493 e. The van der Waals surface area contributed by atoms with Crippen molar-refractivity contribution in [2.45, 2.75) is 6.54 Å². The molecule has 0 saturated heterocycles. The van der Waals surface area contributed by atoms with E-state index in [0.717, 1.165) is 11.3 Å². The van der Waals surface area contributed by atoms with Crippen molar-refractivity contribution in [1.82, 2.24) is 14.7 Å². The van der Waals surface area contributed by atoms with Crippen molar-refractivity contribution in [3.05, 3.63) is 66.9 Å². The molecule has 0 atom stereocenters. The topological polar surface area (TPSA) is 91.4 Å². The monoisotopic (exact) mass is 404 g/mol. The van der Waals surface area contributed by atoms with Crippen molar-refractivity contribution in [3.8, 4) is 34.5 Å². The number of anilines is 1. The summed E-state index contributed by atoms with van der Waals surface area (Å²) >= 11 is 0. The molecule has 152 valence electrons. The lowest BCUT2D eigenvalue weighted by atomic mass is 10.2. The Balaban J connectivity index is 1.53. The van der Waals surface area contributed by atoms with Crippen LogP contribution in [-0.4, -0.2) is 34.8 Å². The van der Waals surface area contributed by atoms with Crippen LogP contribution in [0.2, 0.25) is 0 Å². The molecular formula is C22H20N4O4. The molecule has 0 radical (unpaired) electrons. The predicted molar refractivity (Wildman–Crippen MR) is 111 cm³/mol. The van der Waals surface area contributed by atoms with Gasteiger partial charge in [0.05, 0.1) is 14.2 Å². The first-order chi connectivity index (χ1) is 14.7. The van der Waals surface area contributed by atoms with Gasteiger partial charge in [0.25, 0.3) is 5.89 Å². The maximum atomic E-state index is 12.4. The highest BCUT2D eigenvalue weighted by molar-refractivity contribution is 5.90. The zero-order valence-corrected chi connectivity index (χ0v) is 16.5. The molecule has 4 aromatic rings. The third-order valence-corrected chi connectivity index (χ3v) is 4.49. The van der Waals surface area contributed by atoms with Crippen molar-refractivity contribution in [3.63, 3.8) is 0 Å². The molecule has 0 bridgehead atoms. The number of rotatable bonds is 7. The zero-order chi connectivity index (χ0) is 20.9. The summed E-state index contributed by atoms with van der Waals surface area (Å²) in [4.78, 5) is 16.9. The molecule has 0 spiro atoms. The Morgan fingerprint density at radius 1 is 1.03 bits per heavy atom. The van der Waals surface area contributed by atoms with Gasteiger partial charge in [0, 0.05) is 17.4 Å². The first kappa shape index (κ1) is 19.3. The van der Waals surface area contributed by atoms with E-state index in [1.807, 2.05) is 48.5 Å². The van der Waals surface area contributed by atoms with E-state index in [1.54, 1.807) is 37.1 Å². The molecule has 0 unspecified atom stereocenters. The minimum absolute atomic E-state index is 0.116. The molecule has 0 saturated carbocycles. The Morgan fingerprint density at radius 3 is 2.60 bits per heavy atom. The van der Waals surface area contributed by atoms with E-state index in [0.29, 0.717) is 28.9 Å². The molecule has 0 aliphatic heterocycles.